The molecular weight excluding hydrogens is 108 g/mol. The van der Waals surface area contributed by atoms with Crippen LogP contribution in [0.5, 0.6) is 0 Å². The average molecular weight is 114 g/mol. The highest BCUT2D eigenvalue weighted by molar-refractivity contribution is 5.84. The van der Waals surface area contributed by atoms with E-state index in [4.69, 9.17) is 10.8 Å². The van der Waals surface area contributed by atoms with Gasteiger partial charge in [-0.1, -0.05) is 0 Å². The molecule has 8 heavy (non-hydrogen) atoms. The SMILES string of the molecule is NC1N=NC(CO)=N1. The zero-order valence-corrected chi connectivity index (χ0v) is 4.15. The van der Waals surface area contributed by atoms with Crippen LogP contribution >= 0.6 is 0 Å². The highest BCUT2D eigenvalue weighted by atomic mass is 16.3. The van der Waals surface area contributed by atoms with E-state index in [1.54, 1.807) is 0 Å². The van der Waals surface area contributed by atoms with Crippen molar-refractivity contribution in [3.8, 4) is 0 Å². The van der Waals surface area contributed by atoms with E-state index in [1.807, 2.05) is 0 Å². The Morgan fingerprint density at radius 1 is 1.75 bits per heavy atom. The number of nitrogens with two attached hydrogens (primary N) is 1. The largest absolute Gasteiger partial charge is 0.388 e. The van der Waals surface area contributed by atoms with Crippen LogP contribution in [0, 0.1) is 0 Å². The monoisotopic (exact) mass is 114 g/mol. The normalized spacial score (nSPS) is 26.2. The first-order valence-electron chi connectivity index (χ1n) is 2.17. The molecule has 44 valence electrons. The maximum atomic E-state index is 8.34. The Balaban J connectivity index is 2.58. The molecule has 1 heterocycles. The molecule has 0 radical (unpaired) electrons. The predicted octanol–water partition coefficient (Wildman–Crippen LogP) is -0.915. The molecule has 0 aromatic rings. The standard InChI is InChI=1S/C3H6N4O/c4-3-5-2(1-8)6-7-3/h3,8H,1,4H2. The lowest BCUT2D eigenvalue weighted by Gasteiger charge is -1.85. The summed E-state index contributed by atoms with van der Waals surface area (Å²) in [6.07, 6.45) is -0.586. The van der Waals surface area contributed by atoms with E-state index < -0.39 is 6.29 Å². The molecule has 0 saturated carbocycles. The number of azo groups is 1. The Kier molecular flexibility index (Phi) is 1.32. The van der Waals surface area contributed by atoms with Crippen LogP contribution in [0.3, 0.4) is 0 Å². The van der Waals surface area contributed by atoms with Crippen molar-refractivity contribution in [2.45, 2.75) is 6.29 Å². The summed E-state index contributed by atoms with van der Waals surface area (Å²) in [4.78, 5) is 3.62. The van der Waals surface area contributed by atoms with Gasteiger partial charge < -0.3 is 5.11 Å². The third kappa shape index (κ3) is 0.877. The summed E-state index contributed by atoms with van der Waals surface area (Å²) in [6.45, 7) is -0.183. The molecule has 0 amide bonds. The smallest absolute Gasteiger partial charge is 0.213 e. The van der Waals surface area contributed by atoms with E-state index in [-0.39, 0.29) is 6.61 Å². The molecule has 0 saturated heterocycles. The number of hydrogen-bond donors (Lipinski definition) is 2. The van der Waals surface area contributed by atoms with Crippen molar-refractivity contribution in [2.75, 3.05) is 6.61 Å². The first-order valence-corrected chi connectivity index (χ1v) is 2.17. The minimum atomic E-state index is -0.586. The van der Waals surface area contributed by atoms with Gasteiger partial charge in [-0.2, -0.15) is 0 Å². The van der Waals surface area contributed by atoms with Crippen molar-refractivity contribution in [3.05, 3.63) is 0 Å². The second-order valence-electron chi connectivity index (χ2n) is 1.33. The van der Waals surface area contributed by atoms with Crippen LogP contribution in [-0.2, 0) is 0 Å². The van der Waals surface area contributed by atoms with Crippen molar-refractivity contribution in [3.63, 3.8) is 0 Å². The molecule has 0 spiro atoms. The molecule has 1 unspecified atom stereocenters. The van der Waals surface area contributed by atoms with E-state index in [1.165, 1.54) is 0 Å². The lowest BCUT2D eigenvalue weighted by Crippen LogP contribution is -2.11. The fraction of sp³-hybridized carbons (Fsp3) is 0.667. The fourth-order valence-corrected chi connectivity index (χ4v) is 0.403. The van der Waals surface area contributed by atoms with Crippen LogP contribution in [0.2, 0.25) is 0 Å². The molecule has 0 aromatic carbocycles. The molecule has 5 heteroatoms. The van der Waals surface area contributed by atoms with Crippen molar-refractivity contribution < 1.29 is 5.11 Å². The summed E-state index contributed by atoms with van der Waals surface area (Å²) in [6, 6.07) is 0. The zero-order valence-electron chi connectivity index (χ0n) is 4.15. The van der Waals surface area contributed by atoms with Gasteiger partial charge in [-0.3, -0.25) is 5.73 Å². The van der Waals surface area contributed by atoms with Crippen LogP contribution in [0.4, 0.5) is 0 Å². The van der Waals surface area contributed by atoms with Gasteiger partial charge in [0.2, 0.25) is 6.29 Å². The summed E-state index contributed by atoms with van der Waals surface area (Å²) in [5.74, 6) is 0.303. The van der Waals surface area contributed by atoms with Gasteiger partial charge in [0.15, 0.2) is 5.84 Å². The highest BCUT2D eigenvalue weighted by Crippen LogP contribution is 1.97. The van der Waals surface area contributed by atoms with Gasteiger partial charge in [0.1, 0.15) is 6.61 Å². The number of aliphatic hydroxyl groups is 1. The zero-order chi connectivity index (χ0) is 5.98. The predicted molar refractivity (Wildman–Crippen MR) is 27.4 cm³/mol. The number of amidine groups is 1. The van der Waals surface area contributed by atoms with E-state index in [2.05, 4.69) is 15.2 Å². The molecule has 1 aliphatic heterocycles. The molecule has 0 fully saturated rings. The molecule has 1 aliphatic rings. The summed E-state index contributed by atoms with van der Waals surface area (Å²) < 4.78 is 0. The second kappa shape index (κ2) is 1.97. The van der Waals surface area contributed by atoms with Gasteiger partial charge >= 0.3 is 0 Å². The lowest BCUT2D eigenvalue weighted by atomic mass is 10.7. The molecule has 0 bridgehead atoms. The Morgan fingerprint density at radius 2 is 2.50 bits per heavy atom. The van der Waals surface area contributed by atoms with Gasteiger partial charge in [-0.15, -0.1) is 10.2 Å². The molecule has 1 rings (SSSR count). The number of aliphatic hydroxyl groups excluding tert-OH is 1. The second-order valence-corrected chi connectivity index (χ2v) is 1.33. The van der Waals surface area contributed by atoms with Crippen LogP contribution in [0.1, 0.15) is 0 Å². The average Bonchev–Trinajstić information content (AvgIpc) is 2.14. The fourth-order valence-electron chi connectivity index (χ4n) is 0.403. The van der Waals surface area contributed by atoms with Crippen LogP contribution < -0.4 is 5.73 Å². The quantitative estimate of drug-likeness (QED) is 0.462. The number of hydrogen-bond acceptors (Lipinski definition) is 5. The minimum Gasteiger partial charge on any atom is -0.388 e. The van der Waals surface area contributed by atoms with Crippen molar-refractivity contribution in [2.24, 2.45) is 21.0 Å². The summed E-state index contributed by atoms with van der Waals surface area (Å²) >= 11 is 0. The molecular formula is C3H6N4O. The van der Waals surface area contributed by atoms with Gasteiger partial charge in [0.25, 0.3) is 0 Å². The molecule has 0 aromatic heterocycles. The lowest BCUT2D eigenvalue weighted by molar-refractivity contribution is 0.356. The number of nitrogens with zero attached hydrogens (tertiary/aromatic N) is 3. The Morgan fingerprint density at radius 3 is 2.75 bits per heavy atom. The third-order valence-electron chi connectivity index (χ3n) is 0.714. The number of aliphatic imine (C=N–C) groups is 1. The van der Waals surface area contributed by atoms with Gasteiger partial charge in [-0.25, -0.2) is 4.99 Å². The maximum absolute atomic E-state index is 8.34. The first kappa shape index (κ1) is 5.33. The van der Waals surface area contributed by atoms with E-state index in [0.717, 1.165) is 0 Å². The van der Waals surface area contributed by atoms with Crippen molar-refractivity contribution in [1.82, 2.24) is 0 Å². The van der Waals surface area contributed by atoms with Gasteiger partial charge in [0.05, 0.1) is 0 Å². The van der Waals surface area contributed by atoms with Crippen LogP contribution in [0.15, 0.2) is 15.2 Å². The molecule has 0 aliphatic carbocycles. The summed E-state index contributed by atoms with van der Waals surface area (Å²) in [5, 5.41) is 15.2. The summed E-state index contributed by atoms with van der Waals surface area (Å²) in [7, 11) is 0. The first-order chi connectivity index (χ1) is 3.83. The van der Waals surface area contributed by atoms with E-state index >= 15 is 0 Å². The van der Waals surface area contributed by atoms with Crippen molar-refractivity contribution in [1.29, 1.82) is 0 Å². The highest BCUT2D eigenvalue weighted by Gasteiger charge is 2.05. The van der Waals surface area contributed by atoms with Crippen LogP contribution in [-0.4, -0.2) is 23.8 Å². The van der Waals surface area contributed by atoms with E-state index in [0.29, 0.717) is 5.84 Å². The summed E-state index contributed by atoms with van der Waals surface area (Å²) in [5.41, 5.74) is 5.14. The van der Waals surface area contributed by atoms with Gasteiger partial charge in [0, 0.05) is 0 Å². The molecule has 3 N–H and O–H groups in total. The minimum absolute atomic E-state index is 0.183. The number of rotatable bonds is 1. The molecule has 5 nitrogen and oxygen atoms in total. The van der Waals surface area contributed by atoms with Crippen molar-refractivity contribution >= 4 is 5.84 Å². The van der Waals surface area contributed by atoms with E-state index in [9.17, 15) is 0 Å². The molecule has 1 atom stereocenters. The van der Waals surface area contributed by atoms with Gasteiger partial charge in [-0.05, 0) is 0 Å². The Labute approximate surface area is 45.9 Å². The Bertz CT molecular complexity index is 140. The third-order valence-corrected chi connectivity index (χ3v) is 0.714. The van der Waals surface area contributed by atoms with Crippen LogP contribution in [0.25, 0.3) is 0 Å². The Hall–Kier alpha value is -0.810. The maximum Gasteiger partial charge on any atom is 0.213 e. The topological polar surface area (TPSA) is 83.3 Å².